The Morgan fingerprint density at radius 3 is 2.67 bits per heavy atom. The van der Waals surface area contributed by atoms with Gasteiger partial charge in [0.1, 0.15) is 0 Å². The topological polar surface area (TPSA) is 51.7 Å². The molecule has 7 heteroatoms. The lowest BCUT2D eigenvalue weighted by molar-refractivity contribution is 0.194. The Kier molecular flexibility index (Phi) is 6.90. The first-order valence-electron chi connectivity index (χ1n) is 9.88. The number of fused-ring (bicyclic) bond motifs is 1. The molecule has 1 aromatic carbocycles. The molecular weight excluding hydrogens is 358 g/mol. The fraction of sp³-hybridized carbons (Fsp3) is 0.600. The zero-order chi connectivity index (χ0) is 19.2. The lowest BCUT2D eigenvalue weighted by Gasteiger charge is -2.34. The van der Waals surface area contributed by atoms with Crippen molar-refractivity contribution in [3.8, 4) is 0 Å². The first-order chi connectivity index (χ1) is 13.0. The molecule has 1 aliphatic rings. The van der Waals surface area contributed by atoms with Gasteiger partial charge in [0.2, 0.25) is 0 Å². The number of amides is 2. The number of anilines is 1. The Morgan fingerprint density at radius 1 is 1.22 bits per heavy atom. The van der Waals surface area contributed by atoms with Gasteiger partial charge in [-0.25, -0.2) is 9.78 Å². The summed E-state index contributed by atoms with van der Waals surface area (Å²) < 4.78 is 1.22. The molecule has 0 spiro atoms. The van der Waals surface area contributed by atoms with Gasteiger partial charge < -0.3 is 20.0 Å². The van der Waals surface area contributed by atoms with Crippen molar-refractivity contribution in [1.29, 1.82) is 0 Å². The molecule has 1 N–H and O–H groups in total. The number of carbonyl (C=O) groups is 1. The molecule has 1 fully saturated rings. The maximum absolute atomic E-state index is 12.4. The van der Waals surface area contributed by atoms with E-state index in [1.165, 1.54) is 4.70 Å². The van der Waals surface area contributed by atoms with E-state index in [0.717, 1.165) is 62.8 Å². The zero-order valence-electron chi connectivity index (χ0n) is 16.6. The van der Waals surface area contributed by atoms with Crippen molar-refractivity contribution in [2.45, 2.75) is 32.7 Å². The van der Waals surface area contributed by atoms with Crippen LogP contribution in [0.25, 0.3) is 10.2 Å². The minimum atomic E-state index is 0.0659. The van der Waals surface area contributed by atoms with E-state index in [1.54, 1.807) is 11.3 Å². The number of benzene rings is 1. The molecule has 2 amide bonds. The highest BCUT2D eigenvalue weighted by Crippen LogP contribution is 2.29. The third-order valence-corrected chi connectivity index (χ3v) is 6.31. The largest absolute Gasteiger partial charge is 0.345 e. The number of thiazole rings is 1. The average molecular weight is 390 g/mol. The molecule has 6 nitrogen and oxygen atoms in total. The van der Waals surface area contributed by atoms with E-state index in [-0.39, 0.29) is 6.03 Å². The summed E-state index contributed by atoms with van der Waals surface area (Å²) in [5, 5.41) is 4.13. The molecule has 0 radical (unpaired) electrons. The number of hydrogen-bond acceptors (Lipinski definition) is 5. The third-order valence-electron chi connectivity index (χ3n) is 5.22. The van der Waals surface area contributed by atoms with Gasteiger partial charge in [-0.2, -0.15) is 0 Å². The molecule has 2 heterocycles. The number of hydrogen-bond donors (Lipinski definition) is 1. The summed E-state index contributed by atoms with van der Waals surface area (Å²) >= 11 is 1.73. The molecule has 1 saturated heterocycles. The predicted molar refractivity (Wildman–Crippen MR) is 114 cm³/mol. The number of carbonyl (C=O) groups excluding carboxylic acids is 1. The van der Waals surface area contributed by atoms with Gasteiger partial charge in [0.05, 0.1) is 10.2 Å². The Balaban J connectivity index is 1.38. The van der Waals surface area contributed by atoms with Crippen LogP contribution in [0.5, 0.6) is 0 Å². The normalized spacial score (nSPS) is 15.1. The summed E-state index contributed by atoms with van der Waals surface area (Å²) in [6.45, 7) is 9.41. The second kappa shape index (κ2) is 9.37. The minimum absolute atomic E-state index is 0.0659. The molecule has 0 bridgehead atoms. The number of urea groups is 1. The zero-order valence-corrected chi connectivity index (χ0v) is 17.5. The fourth-order valence-electron chi connectivity index (χ4n) is 3.15. The second-order valence-corrected chi connectivity index (χ2v) is 8.46. The molecule has 1 aliphatic heterocycles. The van der Waals surface area contributed by atoms with Crippen LogP contribution in [0, 0.1) is 0 Å². The lowest BCUT2D eigenvalue weighted by Crippen LogP contribution is -2.52. The van der Waals surface area contributed by atoms with Gasteiger partial charge in [0, 0.05) is 38.8 Å². The van der Waals surface area contributed by atoms with Gasteiger partial charge in [0.15, 0.2) is 5.13 Å². The number of nitrogens with one attached hydrogen (secondary N) is 1. The first-order valence-corrected chi connectivity index (χ1v) is 10.7. The summed E-state index contributed by atoms with van der Waals surface area (Å²) in [5.74, 6) is 0. The van der Waals surface area contributed by atoms with Crippen LogP contribution in [0.3, 0.4) is 0 Å². The molecule has 27 heavy (non-hydrogen) atoms. The van der Waals surface area contributed by atoms with Crippen LogP contribution in [-0.4, -0.2) is 73.2 Å². The number of unbranched alkanes of at least 4 members (excludes halogenated alkanes) is 1. The Bertz CT molecular complexity index is 706. The highest BCUT2D eigenvalue weighted by Gasteiger charge is 2.22. The van der Waals surface area contributed by atoms with E-state index < -0.39 is 0 Å². The van der Waals surface area contributed by atoms with Gasteiger partial charge in [-0.3, -0.25) is 0 Å². The SMILES string of the molecule is CC(C)N(C)CCCCNC(=O)N1CCN(c2nc3ccccc3s2)CC1. The van der Waals surface area contributed by atoms with Crippen LogP contribution < -0.4 is 10.2 Å². The molecule has 0 saturated carbocycles. The van der Waals surface area contributed by atoms with Gasteiger partial charge >= 0.3 is 6.03 Å². The Hall–Kier alpha value is -1.86. The number of nitrogens with zero attached hydrogens (tertiary/aromatic N) is 4. The molecule has 0 unspecified atom stereocenters. The van der Waals surface area contributed by atoms with Crippen LogP contribution in [-0.2, 0) is 0 Å². The van der Waals surface area contributed by atoms with E-state index in [2.05, 4.69) is 48.1 Å². The maximum atomic E-state index is 12.4. The third kappa shape index (κ3) is 5.32. The number of para-hydroxylation sites is 1. The van der Waals surface area contributed by atoms with Crippen molar-refractivity contribution in [2.24, 2.45) is 0 Å². The summed E-state index contributed by atoms with van der Waals surface area (Å²) in [4.78, 5) is 23.6. The van der Waals surface area contributed by atoms with Gasteiger partial charge in [-0.15, -0.1) is 0 Å². The highest BCUT2D eigenvalue weighted by molar-refractivity contribution is 7.22. The number of rotatable bonds is 7. The maximum Gasteiger partial charge on any atom is 0.317 e. The van der Waals surface area contributed by atoms with Gasteiger partial charge in [-0.05, 0) is 52.4 Å². The van der Waals surface area contributed by atoms with Crippen molar-refractivity contribution in [2.75, 3.05) is 51.2 Å². The van der Waals surface area contributed by atoms with E-state index in [9.17, 15) is 4.79 Å². The summed E-state index contributed by atoms with van der Waals surface area (Å²) in [7, 11) is 2.15. The van der Waals surface area contributed by atoms with E-state index in [0.29, 0.717) is 6.04 Å². The van der Waals surface area contributed by atoms with E-state index >= 15 is 0 Å². The molecule has 0 aliphatic carbocycles. The smallest absolute Gasteiger partial charge is 0.317 e. The van der Waals surface area contributed by atoms with E-state index in [1.807, 2.05) is 17.0 Å². The summed E-state index contributed by atoms with van der Waals surface area (Å²) in [6, 6.07) is 8.88. The summed E-state index contributed by atoms with van der Waals surface area (Å²) in [5.41, 5.74) is 1.06. The van der Waals surface area contributed by atoms with Crippen LogP contribution in [0.15, 0.2) is 24.3 Å². The first kappa shape index (κ1) is 19.9. The molecule has 0 atom stereocenters. The van der Waals surface area contributed by atoms with Crippen molar-refractivity contribution < 1.29 is 4.79 Å². The number of aromatic nitrogens is 1. The molecule has 148 valence electrons. The van der Waals surface area contributed by atoms with E-state index in [4.69, 9.17) is 4.98 Å². The van der Waals surface area contributed by atoms with Gasteiger partial charge in [-0.1, -0.05) is 23.5 Å². The molecule has 3 rings (SSSR count). The average Bonchev–Trinajstić information content (AvgIpc) is 3.11. The van der Waals surface area contributed by atoms with Gasteiger partial charge in [0.25, 0.3) is 0 Å². The minimum Gasteiger partial charge on any atom is -0.345 e. The van der Waals surface area contributed by atoms with Crippen molar-refractivity contribution in [1.82, 2.24) is 20.1 Å². The molecule has 1 aromatic heterocycles. The number of piperazine rings is 1. The van der Waals surface area contributed by atoms with Crippen molar-refractivity contribution >= 4 is 32.7 Å². The standard InChI is InChI=1S/C20H31N5OS/c1-16(2)23(3)11-7-6-10-21-19(26)24-12-14-25(15-13-24)20-22-17-8-4-5-9-18(17)27-20/h4-5,8-9,16H,6-7,10-15H2,1-3H3,(H,21,26). The van der Waals surface area contributed by atoms with Crippen LogP contribution in [0.1, 0.15) is 26.7 Å². The lowest BCUT2D eigenvalue weighted by atomic mass is 10.2. The molecule has 2 aromatic rings. The quantitative estimate of drug-likeness (QED) is 0.739. The fourth-order valence-corrected chi connectivity index (χ4v) is 4.16. The Labute approximate surface area is 166 Å². The monoisotopic (exact) mass is 389 g/mol. The summed E-state index contributed by atoms with van der Waals surface area (Å²) in [6.07, 6.45) is 2.13. The second-order valence-electron chi connectivity index (χ2n) is 7.45. The Morgan fingerprint density at radius 2 is 1.96 bits per heavy atom. The molecular formula is C20H31N5OS. The van der Waals surface area contributed by atoms with Crippen molar-refractivity contribution in [3.63, 3.8) is 0 Å². The highest BCUT2D eigenvalue weighted by atomic mass is 32.1. The predicted octanol–water partition coefficient (Wildman–Crippen LogP) is 3.25. The van der Waals surface area contributed by atoms with Crippen molar-refractivity contribution in [3.05, 3.63) is 24.3 Å². The van der Waals surface area contributed by atoms with Crippen LogP contribution in [0.4, 0.5) is 9.93 Å². The van der Waals surface area contributed by atoms with Crippen LogP contribution >= 0.6 is 11.3 Å². The van der Waals surface area contributed by atoms with Crippen LogP contribution in [0.2, 0.25) is 0 Å².